The second kappa shape index (κ2) is 18.7. The molecular formula is C24H45N3O2S. The summed E-state index contributed by atoms with van der Waals surface area (Å²) in [5.74, 6) is 1.69. The summed E-state index contributed by atoms with van der Waals surface area (Å²) in [5, 5.41) is 11.4. The van der Waals surface area contributed by atoms with Gasteiger partial charge in [-0.2, -0.15) is 0 Å². The fourth-order valence-corrected chi connectivity index (χ4v) is 4.56. The average molecular weight is 440 g/mol. The number of anilines is 1. The Hall–Kier alpha value is -1.04. The van der Waals surface area contributed by atoms with Gasteiger partial charge in [0.1, 0.15) is 0 Å². The Morgan fingerprint density at radius 2 is 1.40 bits per heavy atom. The second-order valence-corrected chi connectivity index (χ2v) is 9.43. The number of carbonyl (C=O) groups is 1. The highest BCUT2D eigenvalue weighted by Gasteiger charge is 2.14. The van der Waals surface area contributed by atoms with Crippen molar-refractivity contribution in [1.82, 2.24) is 10.2 Å². The number of rotatable bonds is 20. The summed E-state index contributed by atoms with van der Waals surface area (Å²) in [6.07, 6.45) is 19.5. The molecule has 0 saturated heterocycles. The van der Waals surface area contributed by atoms with Crippen LogP contribution in [0.1, 0.15) is 124 Å². The third kappa shape index (κ3) is 14.1. The van der Waals surface area contributed by atoms with Crippen molar-refractivity contribution < 1.29 is 9.21 Å². The first kappa shape index (κ1) is 27.0. The fourth-order valence-electron chi connectivity index (χ4n) is 3.61. The summed E-state index contributed by atoms with van der Waals surface area (Å²) in [6, 6.07) is 0.231. The molecule has 30 heavy (non-hydrogen) atoms. The molecule has 5 nitrogen and oxygen atoms in total. The van der Waals surface area contributed by atoms with Crippen molar-refractivity contribution in [3.05, 3.63) is 0 Å². The normalized spacial score (nSPS) is 12.2. The van der Waals surface area contributed by atoms with Crippen molar-refractivity contribution in [2.24, 2.45) is 5.92 Å². The van der Waals surface area contributed by atoms with E-state index >= 15 is 0 Å². The van der Waals surface area contributed by atoms with Gasteiger partial charge in [0.05, 0.1) is 0 Å². The lowest BCUT2D eigenvalue weighted by Gasteiger charge is -2.15. The summed E-state index contributed by atoms with van der Waals surface area (Å²) in [6.45, 7) is 6.66. The molecule has 0 fully saturated rings. The molecule has 0 aliphatic heterocycles. The molecule has 0 aliphatic rings. The van der Waals surface area contributed by atoms with E-state index in [0.29, 0.717) is 17.6 Å². The van der Waals surface area contributed by atoms with E-state index in [1.165, 1.54) is 77.0 Å². The first-order chi connectivity index (χ1) is 14.7. The van der Waals surface area contributed by atoms with Gasteiger partial charge < -0.3 is 4.42 Å². The van der Waals surface area contributed by atoms with Gasteiger partial charge in [-0.15, -0.1) is 0 Å². The van der Waals surface area contributed by atoms with E-state index < -0.39 is 0 Å². The quantitative estimate of drug-likeness (QED) is 0.164. The van der Waals surface area contributed by atoms with Crippen molar-refractivity contribution in [1.29, 1.82) is 0 Å². The molecule has 0 aromatic carbocycles. The minimum atomic E-state index is -0.0412. The number of carbonyl (C=O) groups excluding carboxylic acids is 1. The lowest BCUT2D eigenvalue weighted by atomic mass is 9.96. The molecule has 0 aliphatic carbocycles. The van der Waals surface area contributed by atoms with Gasteiger partial charge in [-0.3, -0.25) is 10.1 Å². The van der Waals surface area contributed by atoms with E-state index in [4.69, 9.17) is 4.42 Å². The molecule has 1 atom stereocenters. The lowest BCUT2D eigenvalue weighted by molar-refractivity contribution is -0.116. The van der Waals surface area contributed by atoms with E-state index in [9.17, 15) is 4.79 Å². The smallest absolute Gasteiger partial charge is 0.322 e. The maximum Gasteiger partial charge on any atom is 0.322 e. The van der Waals surface area contributed by atoms with Crippen molar-refractivity contribution in [2.75, 3.05) is 11.1 Å². The van der Waals surface area contributed by atoms with Crippen molar-refractivity contribution in [2.45, 2.75) is 129 Å². The van der Waals surface area contributed by atoms with Crippen LogP contribution in [0.4, 0.5) is 6.01 Å². The molecule has 1 amide bonds. The molecule has 1 unspecified atom stereocenters. The van der Waals surface area contributed by atoms with Crippen LogP contribution in [0.25, 0.3) is 0 Å². The zero-order valence-corrected chi connectivity index (χ0v) is 20.5. The molecule has 1 aromatic rings. The third-order valence-corrected chi connectivity index (χ3v) is 6.58. The molecule has 1 rings (SSSR count). The summed E-state index contributed by atoms with van der Waals surface area (Å²) < 4.78 is 5.63. The Kier molecular flexibility index (Phi) is 16.8. The van der Waals surface area contributed by atoms with E-state index in [1.807, 2.05) is 0 Å². The molecule has 0 saturated carbocycles. The highest BCUT2D eigenvalue weighted by molar-refractivity contribution is 7.99. The van der Waals surface area contributed by atoms with Crippen molar-refractivity contribution >= 4 is 23.7 Å². The van der Waals surface area contributed by atoms with E-state index in [1.54, 1.807) is 11.8 Å². The average Bonchev–Trinajstić information content (AvgIpc) is 3.18. The monoisotopic (exact) mass is 439 g/mol. The first-order valence-corrected chi connectivity index (χ1v) is 13.4. The molecule has 174 valence electrons. The van der Waals surface area contributed by atoms with Crippen LogP contribution >= 0.6 is 11.8 Å². The zero-order valence-electron chi connectivity index (χ0n) is 19.7. The van der Waals surface area contributed by atoms with Gasteiger partial charge in [-0.25, -0.2) is 0 Å². The van der Waals surface area contributed by atoms with Crippen LogP contribution in [0.5, 0.6) is 0 Å². The van der Waals surface area contributed by atoms with Crippen LogP contribution in [-0.4, -0.2) is 21.9 Å². The number of unbranched alkanes of at least 4 members (excludes halogenated alkanes) is 10. The highest BCUT2D eigenvalue weighted by Crippen LogP contribution is 2.27. The maximum atomic E-state index is 11.9. The Morgan fingerprint density at radius 3 is 2.07 bits per heavy atom. The molecule has 6 heteroatoms. The summed E-state index contributed by atoms with van der Waals surface area (Å²) in [5.41, 5.74) is 0. The summed E-state index contributed by atoms with van der Waals surface area (Å²) >= 11 is 1.64. The number of nitrogens with zero attached hydrogens (tertiary/aromatic N) is 2. The van der Waals surface area contributed by atoms with Gasteiger partial charge >= 0.3 is 6.01 Å². The lowest BCUT2D eigenvalue weighted by Crippen LogP contribution is -2.11. The molecule has 0 bridgehead atoms. The predicted molar refractivity (Wildman–Crippen MR) is 128 cm³/mol. The van der Waals surface area contributed by atoms with Gasteiger partial charge in [0, 0.05) is 12.2 Å². The van der Waals surface area contributed by atoms with Crippen molar-refractivity contribution in [3.8, 4) is 0 Å². The highest BCUT2D eigenvalue weighted by atomic mass is 32.2. The Bertz CT molecular complexity index is 536. The Labute approximate surface area is 188 Å². The number of nitrogens with one attached hydrogen (secondary N) is 1. The van der Waals surface area contributed by atoms with E-state index in [0.717, 1.165) is 25.0 Å². The number of thioether (sulfide) groups is 1. The molecule has 1 heterocycles. The van der Waals surface area contributed by atoms with Crippen LogP contribution < -0.4 is 5.32 Å². The molecular weight excluding hydrogens is 394 g/mol. The van der Waals surface area contributed by atoms with Crippen LogP contribution in [-0.2, 0) is 4.79 Å². The van der Waals surface area contributed by atoms with Gasteiger partial charge in [0.2, 0.25) is 5.91 Å². The van der Waals surface area contributed by atoms with Crippen LogP contribution in [0.15, 0.2) is 9.64 Å². The summed E-state index contributed by atoms with van der Waals surface area (Å²) in [4.78, 5) is 11.9. The molecule has 0 radical (unpaired) electrons. The van der Waals surface area contributed by atoms with Gasteiger partial charge in [0.15, 0.2) is 0 Å². The predicted octanol–water partition coefficient (Wildman–Crippen LogP) is 8.02. The van der Waals surface area contributed by atoms with Gasteiger partial charge in [0.25, 0.3) is 5.22 Å². The molecule has 1 N–H and O–H groups in total. The zero-order chi connectivity index (χ0) is 21.9. The van der Waals surface area contributed by atoms with Crippen LogP contribution in [0.2, 0.25) is 0 Å². The number of hydrogen-bond donors (Lipinski definition) is 1. The van der Waals surface area contributed by atoms with Crippen LogP contribution in [0, 0.1) is 5.92 Å². The second-order valence-electron chi connectivity index (χ2n) is 8.46. The number of aromatic nitrogens is 2. The van der Waals surface area contributed by atoms with Gasteiger partial charge in [-0.05, 0) is 25.2 Å². The number of hydrogen-bond acceptors (Lipinski definition) is 5. The largest absolute Gasteiger partial charge is 0.398 e. The van der Waals surface area contributed by atoms with Crippen molar-refractivity contribution in [3.63, 3.8) is 0 Å². The molecule has 0 spiro atoms. The standard InChI is InChI=1S/C24H45N3O2S/c1-4-7-10-12-13-16-18-21(17-15-11-8-5-2)20-30-24-27-26-23(29-24)25-22(28)19-14-9-6-3/h21H,4-20H2,1-3H3,(H,25,26,28). The molecule has 1 aromatic heterocycles. The van der Waals surface area contributed by atoms with E-state index in [2.05, 4.69) is 36.3 Å². The minimum Gasteiger partial charge on any atom is -0.398 e. The minimum absolute atomic E-state index is 0.0412. The topological polar surface area (TPSA) is 68.0 Å². The first-order valence-electron chi connectivity index (χ1n) is 12.5. The van der Waals surface area contributed by atoms with Crippen LogP contribution in [0.3, 0.4) is 0 Å². The SMILES string of the molecule is CCCCCCCCC(CCCCCC)CSc1nnc(NC(=O)CCCCC)o1. The Morgan fingerprint density at radius 1 is 0.833 bits per heavy atom. The van der Waals surface area contributed by atoms with Gasteiger partial charge in [-0.1, -0.05) is 120 Å². The Balaban J connectivity index is 2.36. The summed E-state index contributed by atoms with van der Waals surface area (Å²) in [7, 11) is 0. The third-order valence-electron chi connectivity index (χ3n) is 5.53. The number of amides is 1. The van der Waals surface area contributed by atoms with E-state index in [-0.39, 0.29) is 11.9 Å². The maximum absolute atomic E-state index is 11.9. The fraction of sp³-hybridized carbons (Fsp3) is 0.875.